The molecule has 0 amide bonds. The zero-order valence-electron chi connectivity index (χ0n) is 9.76. The van der Waals surface area contributed by atoms with Crippen molar-refractivity contribution in [3.8, 4) is 0 Å². The molecule has 0 radical (unpaired) electrons. The number of fused-ring (bicyclic) bond motifs is 1. The lowest BCUT2D eigenvalue weighted by Gasteiger charge is -2.25. The lowest BCUT2D eigenvalue weighted by Crippen LogP contribution is -2.18. The Morgan fingerprint density at radius 1 is 1.53 bits per heavy atom. The molecular formula is C12H19ClN2. The van der Waals surface area contributed by atoms with E-state index in [1.807, 2.05) is 0 Å². The molecule has 0 N–H and O–H groups in total. The molecule has 1 atom stereocenters. The van der Waals surface area contributed by atoms with Crippen molar-refractivity contribution < 1.29 is 0 Å². The van der Waals surface area contributed by atoms with Crippen molar-refractivity contribution in [2.75, 3.05) is 0 Å². The Morgan fingerprint density at radius 3 is 2.87 bits per heavy atom. The van der Waals surface area contributed by atoms with Gasteiger partial charge in [0.2, 0.25) is 0 Å². The molecule has 1 aromatic rings. The van der Waals surface area contributed by atoms with Crippen LogP contribution >= 0.6 is 11.6 Å². The molecule has 1 aliphatic heterocycles. The lowest BCUT2D eigenvalue weighted by atomic mass is 10.0. The molecule has 1 aliphatic rings. The topological polar surface area (TPSA) is 17.8 Å². The van der Waals surface area contributed by atoms with E-state index < -0.39 is 0 Å². The predicted octanol–water partition coefficient (Wildman–Crippen LogP) is 3.64. The number of hydrogen-bond acceptors (Lipinski definition) is 1. The fraction of sp³-hybridized carbons (Fsp3) is 0.750. The summed E-state index contributed by atoms with van der Waals surface area (Å²) < 4.78 is 2.42. The molecule has 2 rings (SSSR count). The van der Waals surface area contributed by atoms with Crippen LogP contribution in [0.1, 0.15) is 62.8 Å². The molecule has 0 aliphatic carbocycles. The normalized spacial score (nSPS) is 20.7. The van der Waals surface area contributed by atoms with Gasteiger partial charge in [-0.1, -0.05) is 13.8 Å². The van der Waals surface area contributed by atoms with Crippen LogP contribution in [0.15, 0.2) is 0 Å². The fourth-order valence-electron chi connectivity index (χ4n) is 2.50. The number of aromatic nitrogens is 2. The molecular weight excluding hydrogens is 208 g/mol. The number of halogens is 1. The summed E-state index contributed by atoms with van der Waals surface area (Å²) in [6.07, 6.45) is 3.69. The van der Waals surface area contributed by atoms with Crippen LogP contribution in [0.25, 0.3) is 0 Å². The maximum absolute atomic E-state index is 5.95. The second-order valence-electron chi connectivity index (χ2n) is 4.76. The minimum atomic E-state index is 0.487. The summed E-state index contributed by atoms with van der Waals surface area (Å²) in [6.45, 7) is 6.69. The van der Waals surface area contributed by atoms with E-state index in [-0.39, 0.29) is 0 Å². The Balaban J connectivity index is 2.53. The zero-order chi connectivity index (χ0) is 11.0. The quantitative estimate of drug-likeness (QED) is 0.704. The Labute approximate surface area is 96.7 Å². The Kier molecular flexibility index (Phi) is 3.06. The third kappa shape index (κ3) is 1.80. The van der Waals surface area contributed by atoms with E-state index in [2.05, 4.69) is 25.3 Å². The summed E-state index contributed by atoms with van der Waals surface area (Å²) in [5.74, 6) is 2.25. The summed E-state index contributed by atoms with van der Waals surface area (Å²) in [5, 5.41) is 0. The molecule has 0 bridgehead atoms. The van der Waals surface area contributed by atoms with Gasteiger partial charge in [0.1, 0.15) is 5.82 Å². The van der Waals surface area contributed by atoms with Crippen molar-refractivity contribution in [3.05, 3.63) is 17.2 Å². The molecule has 1 aromatic heterocycles. The van der Waals surface area contributed by atoms with E-state index in [1.54, 1.807) is 0 Å². The Hall–Kier alpha value is -0.500. The van der Waals surface area contributed by atoms with E-state index in [0.29, 0.717) is 17.8 Å². The summed E-state index contributed by atoms with van der Waals surface area (Å²) in [5.41, 5.74) is 2.49. The van der Waals surface area contributed by atoms with Crippen LogP contribution in [0.5, 0.6) is 0 Å². The highest BCUT2D eigenvalue weighted by molar-refractivity contribution is 6.17. The smallest absolute Gasteiger partial charge is 0.112 e. The average molecular weight is 227 g/mol. The summed E-state index contributed by atoms with van der Waals surface area (Å²) in [6, 6.07) is 0.593. The van der Waals surface area contributed by atoms with Crippen molar-refractivity contribution in [3.63, 3.8) is 0 Å². The van der Waals surface area contributed by atoms with Crippen molar-refractivity contribution in [2.24, 2.45) is 0 Å². The van der Waals surface area contributed by atoms with Gasteiger partial charge in [-0.25, -0.2) is 4.98 Å². The maximum Gasteiger partial charge on any atom is 0.112 e. The standard InChI is InChI=1S/C12H19ClN2/c1-8(2)12-14-10(7-13)11-6-4-5-9(3)15(11)12/h8-9H,4-7H2,1-3H3. The summed E-state index contributed by atoms with van der Waals surface area (Å²) >= 11 is 5.95. The molecule has 0 saturated carbocycles. The third-order valence-electron chi connectivity index (χ3n) is 3.24. The Morgan fingerprint density at radius 2 is 2.27 bits per heavy atom. The van der Waals surface area contributed by atoms with Crippen LogP contribution in [-0.4, -0.2) is 9.55 Å². The molecule has 3 heteroatoms. The van der Waals surface area contributed by atoms with Crippen LogP contribution in [-0.2, 0) is 12.3 Å². The van der Waals surface area contributed by atoms with Gasteiger partial charge in [-0.05, 0) is 26.2 Å². The van der Waals surface area contributed by atoms with Gasteiger partial charge >= 0.3 is 0 Å². The van der Waals surface area contributed by atoms with Gasteiger partial charge in [0.15, 0.2) is 0 Å². The van der Waals surface area contributed by atoms with E-state index >= 15 is 0 Å². The first kappa shape index (κ1) is 11.0. The number of alkyl halides is 1. The summed E-state index contributed by atoms with van der Waals surface area (Å²) in [4.78, 5) is 4.69. The molecule has 0 saturated heterocycles. The minimum Gasteiger partial charge on any atom is -0.329 e. The largest absolute Gasteiger partial charge is 0.329 e. The van der Waals surface area contributed by atoms with Gasteiger partial charge in [0, 0.05) is 17.7 Å². The maximum atomic E-state index is 5.95. The van der Waals surface area contributed by atoms with Crippen LogP contribution < -0.4 is 0 Å². The fourth-order valence-corrected chi connectivity index (χ4v) is 2.71. The predicted molar refractivity (Wildman–Crippen MR) is 63.5 cm³/mol. The number of hydrogen-bond donors (Lipinski definition) is 0. The lowest BCUT2D eigenvalue weighted by molar-refractivity contribution is 0.412. The summed E-state index contributed by atoms with van der Waals surface area (Å²) in [7, 11) is 0. The second kappa shape index (κ2) is 4.17. The van der Waals surface area contributed by atoms with Gasteiger partial charge in [-0.3, -0.25) is 0 Å². The highest BCUT2D eigenvalue weighted by Gasteiger charge is 2.24. The first-order chi connectivity index (χ1) is 7.15. The molecule has 84 valence electrons. The second-order valence-corrected chi connectivity index (χ2v) is 5.03. The number of rotatable bonds is 2. The highest BCUT2D eigenvalue weighted by atomic mass is 35.5. The molecule has 0 fully saturated rings. The first-order valence-electron chi connectivity index (χ1n) is 5.81. The van der Waals surface area contributed by atoms with Crippen LogP contribution in [0, 0.1) is 0 Å². The van der Waals surface area contributed by atoms with Gasteiger partial charge < -0.3 is 4.57 Å². The molecule has 0 spiro atoms. The van der Waals surface area contributed by atoms with Gasteiger partial charge in [-0.15, -0.1) is 11.6 Å². The number of imidazole rings is 1. The van der Waals surface area contributed by atoms with Crippen LogP contribution in [0.2, 0.25) is 0 Å². The van der Waals surface area contributed by atoms with Crippen molar-refractivity contribution in [1.29, 1.82) is 0 Å². The minimum absolute atomic E-state index is 0.487. The van der Waals surface area contributed by atoms with E-state index in [1.165, 1.54) is 24.4 Å². The molecule has 2 nitrogen and oxygen atoms in total. The van der Waals surface area contributed by atoms with E-state index in [4.69, 9.17) is 16.6 Å². The van der Waals surface area contributed by atoms with Crippen LogP contribution in [0.4, 0.5) is 0 Å². The SMILES string of the molecule is CC(C)c1nc(CCl)c2n1C(C)CCC2. The van der Waals surface area contributed by atoms with Crippen molar-refractivity contribution >= 4 is 11.6 Å². The molecule has 2 heterocycles. The zero-order valence-corrected chi connectivity index (χ0v) is 10.5. The van der Waals surface area contributed by atoms with Gasteiger partial charge in [0.05, 0.1) is 11.6 Å². The van der Waals surface area contributed by atoms with E-state index in [0.717, 1.165) is 12.1 Å². The molecule has 1 unspecified atom stereocenters. The molecule has 15 heavy (non-hydrogen) atoms. The Bertz CT molecular complexity index is 355. The monoisotopic (exact) mass is 226 g/mol. The van der Waals surface area contributed by atoms with Crippen molar-refractivity contribution in [2.45, 2.75) is 57.9 Å². The van der Waals surface area contributed by atoms with E-state index in [9.17, 15) is 0 Å². The van der Waals surface area contributed by atoms with Gasteiger partial charge in [-0.2, -0.15) is 0 Å². The molecule has 0 aromatic carbocycles. The third-order valence-corrected chi connectivity index (χ3v) is 3.49. The van der Waals surface area contributed by atoms with Crippen LogP contribution in [0.3, 0.4) is 0 Å². The first-order valence-corrected chi connectivity index (χ1v) is 6.34. The van der Waals surface area contributed by atoms with Gasteiger partial charge in [0.25, 0.3) is 0 Å². The highest BCUT2D eigenvalue weighted by Crippen LogP contribution is 2.31. The average Bonchev–Trinajstić information content (AvgIpc) is 2.58. The number of nitrogens with zero attached hydrogens (tertiary/aromatic N) is 2. The van der Waals surface area contributed by atoms with Crippen molar-refractivity contribution in [1.82, 2.24) is 9.55 Å².